The lowest BCUT2D eigenvalue weighted by atomic mass is 9.82. The van der Waals surface area contributed by atoms with Gasteiger partial charge in [0.25, 0.3) is 0 Å². The molecule has 1 rings (SSSR count). The van der Waals surface area contributed by atoms with Crippen molar-refractivity contribution in [2.24, 2.45) is 11.8 Å². The van der Waals surface area contributed by atoms with Crippen LogP contribution in [0.4, 0.5) is 0 Å². The average Bonchev–Trinajstić information content (AvgIpc) is 2.53. The zero-order chi connectivity index (χ0) is 18.8. The van der Waals surface area contributed by atoms with Crippen LogP contribution in [-0.4, -0.2) is 12.9 Å². The molecule has 3 heteroatoms. The summed E-state index contributed by atoms with van der Waals surface area (Å²) < 4.78 is 16.5. The van der Waals surface area contributed by atoms with Gasteiger partial charge in [-0.3, -0.25) is 0 Å². The van der Waals surface area contributed by atoms with E-state index in [1.165, 1.54) is 18.2 Å². The molecule has 0 amide bonds. The van der Waals surface area contributed by atoms with Gasteiger partial charge >= 0.3 is 0 Å². The Morgan fingerprint density at radius 1 is 1.08 bits per heavy atom. The van der Waals surface area contributed by atoms with Crippen molar-refractivity contribution < 1.29 is 14.2 Å². The smallest absolute Gasteiger partial charge is 0.196 e. The lowest BCUT2D eigenvalue weighted by Gasteiger charge is -2.24. The maximum atomic E-state index is 5.82. The monoisotopic (exact) mass is 346 g/mol. The highest BCUT2D eigenvalue weighted by Crippen LogP contribution is 2.32. The van der Waals surface area contributed by atoms with Gasteiger partial charge in [-0.25, -0.2) is 0 Å². The maximum absolute atomic E-state index is 5.82. The largest absolute Gasteiger partial charge is 0.471 e. The molecule has 25 heavy (non-hydrogen) atoms. The molecule has 0 aromatic heterocycles. The summed E-state index contributed by atoms with van der Waals surface area (Å²) in [5, 5.41) is 0. The molecule has 140 valence electrons. The summed E-state index contributed by atoms with van der Waals surface area (Å²) in [6.45, 7) is 18.8. The van der Waals surface area contributed by atoms with Crippen molar-refractivity contribution in [1.82, 2.24) is 0 Å². The minimum Gasteiger partial charge on any atom is -0.471 e. The van der Waals surface area contributed by atoms with Crippen LogP contribution in [0.1, 0.15) is 58.9 Å². The zero-order valence-corrected chi connectivity index (χ0v) is 16.5. The summed E-state index contributed by atoms with van der Waals surface area (Å²) in [5.74, 6) is 3.36. The minimum absolute atomic E-state index is 0.320. The molecule has 0 aliphatic rings. The van der Waals surface area contributed by atoms with Gasteiger partial charge in [0.15, 0.2) is 6.29 Å². The Morgan fingerprint density at radius 2 is 1.72 bits per heavy atom. The van der Waals surface area contributed by atoms with Crippen molar-refractivity contribution in [3.8, 4) is 5.75 Å². The van der Waals surface area contributed by atoms with E-state index in [-0.39, 0.29) is 6.29 Å². The second kappa shape index (κ2) is 11.0. The van der Waals surface area contributed by atoms with Crippen LogP contribution in [0.2, 0.25) is 0 Å². The van der Waals surface area contributed by atoms with Crippen LogP contribution in [0, 0.1) is 11.8 Å². The first kappa shape index (κ1) is 21.3. The molecule has 0 heterocycles. The van der Waals surface area contributed by atoms with Gasteiger partial charge in [-0.15, -0.1) is 0 Å². The Labute approximate surface area is 153 Å². The molecule has 2 unspecified atom stereocenters. The van der Waals surface area contributed by atoms with E-state index in [0.29, 0.717) is 36.5 Å². The van der Waals surface area contributed by atoms with Crippen LogP contribution < -0.4 is 4.74 Å². The number of hydrogen-bond donors (Lipinski definition) is 0. The predicted octanol–water partition coefficient (Wildman–Crippen LogP) is 6.28. The summed E-state index contributed by atoms with van der Waals surface area (Å²) in [7, 11) is 0. The van der Waals surface area contributed by atoms with Gasteiger partial charge in [0.1, 0.15) is 5.75 Å². The maximum Gasteiger partial charge on any atom is 0.196 e. The second-order valence-corrected chi connectivity index (χ2v) is 7.18. The average molecular weight is 347 g/mol. The summed E-state index contributed by atoms with van der Waals surface area (Å²) >= 11 is 0. The lowest BCUT2D eigenvalue weighted by molar-refractivity contribution is -0.0670. The molecule has 0 aliphatic carbocycles. The third kappa shape index (κ3) is 8.26. The molecule has 0 saturated carbocycles. The van der Waals surface area contributed by atoms with Crippen LogP contribution in [0.15, 0.2) is 49.4 Å². The van der Waals surface area contributed by atoms with Crippen LogP contribution in [0.25, 0.3) is 0 Å². The van der Waals surface area contributed by atoms with Crippen molar-refractivity contribution in [3.63, 3.8) is 0 Å². The third-order valence-corrected chi connectivity index (χ3v) is 4.12. The second-order valence-electron chi connectivity index (χ2n) is 7.18. The number of ether oxygens (including phenoxy) is 3. The van der Waals surface area contributed by atoms with Crippen molar-refractivity contribution in [2.45, 2.75) is 59.7 Å². The Balaban J connectivity index is 2.52. The molecule has 0 bridgehead atoms. The molecule has 0 N–H and O–H groups in total. The van der Waals surface area contributed by atoms with Crippen molar-refractivity contribution in [3.05, 3.63) is 55.0 Å². The molecule has 1 aromatic rings. The van der Waals surface area contributed by atoms with Gasteiger partial charge < -0.3 is 14.2 Å². The molecule has 3 nitrogen and oxygen atoms in total. The summed E-state index contributed by atoms with van der Waals surface area (Å²) in [6.07, 6.45) is 2.87. The Morgan fingerprint density at radius 3 is 2.24 bits per heavy atom. The first-order valence-electron chi connectivity index (χ1n) is 9.17. The number of hydrogen-bond acceptors (Lipinski definition) is 3. The highest BCUT2D eigenvalue weighted by Gasteiger charge is 2.17. The normalized spacial score (nSPS) is 13.6. The molecule has 0 aliphatic heterocycles. The van der Waals surface area contributed by atoms with Crippen molar-refractivity contribution in [1.29, 1.82) is 0 Å². The fourth-order valence-electron chi connectivity index (χ4n) is 2.84. The standard InChI is InChI=1S/C22H34O3/c1-8-23-18(6)13-14-24-19(7)25-21-11-9-20(10-12-21)22(17(4)5)15-16(2)3/h8-12,16-17,19,22H,1,6,13-15H2,2-5,7H3. The first-order chi connectivity index (χ1) is 11.8. The predicted molar refractivity (Wildman–Crippen MR) is 105 cm³/mol. The SMILES string of the molecule is C=COC(=C)CCOC(C)Oc1ccc(C(CC(C)C)C(C)C)cc1. The molecule has 1 aromatic carbocycles. The van der Waals surface area contributed by atoms with Gasteiger partial charge in [-0.05, 0) is 48.8 Å². The highest BCUT2D eigenvalue weighted by atomic mass is 16.7. The fraction of sp³-hybridized carbons (Fsp3) is 0.545. The molecule has 0 fully saturated rings. The van der Waals surface area contributed by atoms with Crippen LogP contribution >= 0.6 is 0 Å². The number of rotatable bonds is 12. The van der Waals surface area contributed by atoms with Gasteiger partial charge in [0.2, 0.25) is 0 Å². The van der Waals surface area contributed by atoms with Crippen LogP contribution in [0.3, 0.4) is 0 Å². The fourth-order valence-corrected chi connectivity index (χ4v) is 2.84. The number of benzene rings is 1. The van der Waals surface area contributed by atoms with Gasteiger partial charge in [-0.1, -0.05) is 53.0 Å². The van der Waals surface area contributed by atoms with E-state index in [1.807, 2.05) is 19.1 Å². The van der Waals surface area contributed by atoms with Gasteiger partial charge in [0, 0.05) is 6.42 Å². The van der Waals surface area contributed by atoms with Crippen molar-refractivity contribution >= 4 is 0 Å². The van der Waals surface area contributed by atoms with E-state index in [4.69, 9.17) is 14.2 Å². The molecule has 0 spiro atoms. The molecular formula is C22H34O3. The van der Waals surface area contributed by atoms with E-state index >= 15 is 0 Å². The molecular weight excluding hydrogens is 312 g/mol. The topological polar surface area (TPSA) is 27.7 Å². The third-order valence-electron chi connectivity index (χ3n) is 4.12. The minimum atomic E-state index is -0.320. The van der Waals surface area contributed by atoms with E-state index < -0.39 is 0 Å². The van der Waals surface area contributed by atoms with Gasteiger partial charge in [-0.2, -0.15) is 0 Å². The Kier molecular flexibility index (Phi) is 9.36. The van der Waals surface area contributed by atoms with Crippen LogP contribution in [-0.2, 0) is 9.47 Å². The molecule has 0 saturated heterocycles. The summed E-state index contributed by atoms with van der Waals surface area (Å²) in [5.41, 5.74) is 1.38. The van der Waals surface area contributed by atoms with Crippen molar-refractivity contribution in [2.75, 3.05) is 6.61 Å². The van der Waals surface area contributed by atoms with Crippen LogP contribution in [0.5, 0.6) is 5.75 Å². The van der Waals surface area contributed by atoms with E-state index in [9.17, 15) is 0 Å². The summed E-state index contributed by atoms with van der Waals surface area (Å²) in [4.78, 5) is 0. The zero-order valence-electron chi connectivity index (χ0n) is 16.5. The highest BCUT2D eigenvalue weighted by molar-refractivity contribution is 5.29. The Hall–Kier alpha value is -1.74. The van der Waals surface area contributed by atoms with Gasteiger partial charge in [0.05, 0.1) is 18.6 Å². The summed E-state index contributed by atoms with van der Waals surface area (Å²) in [6, 6.07) is 8.42. The van der Waals surface area contributed by atoms with E-state index in [0.717, 1.165) is 5.75 Å². The molecule has 0 radical (unpaired) electrons. The molecule has 2 atom stereocenters. The van der Waals surface area contributed by atoms with E-state index in [1.54, 1.807) is 0 Å². The van der Waals surface area contributed by atoms with E-state index in [2.05, 4.69) is 53.0 Å². The quantitative estimate of drug-likeness (QED) is 0.329. The first-order valence-corrected chi connectivity index (χ1v) is 9.17. The Bertz CT molecular complexity index is 517. The lowest BCUT2D eigenvalue weighted by Crippen LogP contribution is -2.17.